The van der Waals surface area contributed by atoms with Crippen molar-refractivity contribution in [1.82, 2.24) is 15.2 Å². The second kappa shape index (κ2) is 9.16. The van der Waals surface area contributed by atoms with Crippen LogP contribution in [0.25, 0.3) is 26.9 Å². The molecular formula is C27H24F2N4O2. The molecule has 1 atom stereocenters. The molecule has 0 unspecified atom stereocenters. The Kier molecular flexibility index (Phi) is 6.03. The lowest BCUT2D eigenvalue weighted by Crippen LogP contribution is -2.35. The number of benzene rings is 2. The molecule has 1 fully saturated rings. The van der Waals surface area contributed by atoms with E-state index in [0.29, 0.717) is 16.5 Å². The minimum Gasteiger partial charge on any atom is -0.312 e. The van der Waals surface area contributed by atoms with E-state index < -0.39 is 31.0 Å². The molecule has 3 aromatic rings. The number of rotatable bonds is 5. The van der Waals surface area contributed by atoms with Crippen molar-refractivity contribution in [3.63, 3.8) is 0 Å². The van der Waals surface area contributed by atoms with Gasteiger partial charge in [-0.15, -0.1) is 0 Å². The van der Waals surface area contributed by atoms with Crippen LogP contribution in [0.3, 0.4) is 0 Å². The van der Waals surface area contributed by atoms with Crippen LogP contribution in [0.2, 0.25) is 0 Å². The summed E-state index contributed by atoms with van der Waals surface area (Å²) < 4.78 is 27.4. The number of amides is 1. The SMILES string of the molecule is [C-]#[N+][C@@H]1CC(F)(F)CN1C(=O)CCC(=O)c1ccnc2ccc(-c3ccc4c(c3)CCNC4)cc12. The molecule has 5 rings (SSSR count). The summed E-state index contributed by atoms with van der Waals surface area (Å²) in [5, 5.41) is 4.06. The zero-order chi connectivity index (χ0) is 24.6. The molecular weight excluding hydrogens is 450 g/mol. The Hall–Kier alpha value is -3.70. The van der Waals surface area contributed by atoms with Gasteiger partial charge in [-0.05, 0) is 53.4 Å². The van der Waals surface area contributed by atoms with Crippen LogP contribution >= 0.6 is 0 Å². The van der Waals surface area contributed by atoms with E-state index in [9.17, 15) is 18.4 Å². The van der Waals surface area contributed by atoms with Crippen LogP contribution in [-0.2, 0) is 17.8 Å². The lowest BCUT2D eigenvalue weighted by molar-refractivity contribution is -0.132. The van der Waals surface area contributed by atoms with E-state index in [1.165, 1.54) is 11.1 Å². The first-order valence-electron chi connectivity index (χ1n) is 11.6. The highest BCUT2D eigenvalue weighted by Crippen LogP contribution is 2.33. The molecule has 6 nitrogen and oxygen atoms in total. The molecule has 3 heterocycles. The molecule has 35 heavy (non-hydrogen) atoms. The smallest absolute Gasteiger partial charge is 0.306 e. The van der Waals surface area contributed by atoms with Gasteiger partial charge in [0.05, 0.1) is 12.1 Å². The number of carbonyl (C=O) groups excluding carboxylic acids is 2. The van der Waals surface area contributed by atoms with Gasteiger partial charge < -0.3 is 5.32 Å². The van der Waals surface area contributed by atoms with Gasteiger partial charge in [-0.2, -0.15) is 0 Å². The van der Waals surface area contributed by atoms with Gasteiger partial charge in [0.1, 0.15) is 6.42 Å². The number of nitrogens with one attached hydrogen (secondary N) is 1. The first-order chi connectivity index (χ1) is 16.8. The van der Waals surface area contributed by atoms with Crippen LogP contribution in [0.5, 0.6) is 0 Å². The zero-order valence-corrected chi connectivity index (χ0v) is 19.1. The van der Waals surface area contributed by atoms with E-state index in [1.54, 1.807) is 12.3 Å². The number of hydrogen-bond donors (Lipinski definition) is 1. The van der Waals surface area contributed by atoms with Crippen molar-refractivity contribution in [2.24, 2.45) is 0 Å². The third-order valence-corrected chi connectivity index (χ3v) is 6.75. The monoisotopic (exact) mass is 474 g/mol. The fraction of sp³-hybridized carbons (Fsp3) is 0.333. The minimum absolute atomic E-state index is 0.124. The summed E-state index contributed by atoms with van der Waals surface area (Å²) in [7, 11) is 0. The summed E-state index contributed by atoms with van der Waals surface area (Å²) in [6.07, 6.45) is 0.341. The number of fused-ring (bicyclic) bond motifs is 2. The van der Waals surface area contributed by atoms with Gasteiger partial charge in [-0.25, -0.2) is 15.4 Å². The second-order valence-corrected chi connectivity index (χ2v) is 9.12. The maximum absolute atomic E-state index is 13.7. The van der Waals surface area contributed by atoms with Gasteiger partial charge in [0, 0.05) is 36.5 Å². The number of nitrogens with zero attached hydrogens (tertiary/aromatic N) is 3. The maximum atomic E-state index is 13.7. The summed E-state index contributed by atoms with van der Waals surface area (Å²) >= 11 is 0. The van der Waals surface area contributed by atoms with Gasteiger partial charge in [0.15, 0.2) is 5.78 Å². The standard InChI is InChI=1S/C27H24F2N4O2/c1-30-25-14-27(28,29)16-33(25)26(35)7-6-24(34)21-9-11-32-23-5-4-18(13-22(21)23)17-2-3-20-15-31-10-8-19(20)12-17/h2-5,9,11-13,25,31H,6-8,10,14-16H2/t25-/m0/s1. The van der Waals surface area contributed by atoms with E-state index in [4.69, 9.17) is 6.57 Å². The Morgan fingerprint density at radius 3 is 2.74 bits per heavy atom. The number of hydrogen-bond acceptors (Lipinski definition) is 4. The van der Waals surface area contributed by atoms with Crippen molar-refractivity contribution in [2.75, 3.05) is 13.1 Å². The number of carbonyl (C=O) groups is 2. The van der Waals surface area contributed by atoms with Crippen molar-refractivity contribution in [3.8, 4) is 11.1 Å². The Morgan fingerprint density at radius 2 is 1.91 bits per heavy atom. The highest BCUT2D eigenvalue weighted by molar-refractivity contribution is 6.08. The molecule has 1 aromatic heterocycles. The quantitative estimate of drug-likeness (QED) is 0.433. The highest BCUT2D eigenvalue weighted by Gasteiger charge is 2.50. The van der Waals surface area contributed by atoms with Gasteiger partial charge in [-0.1, -0.05) is 24.3 Å². The van der Waals surface area contributed by atoms with Crippen LogP contribution in [-0.4, -0.2) is 46.8 Å². The molecule has 0 saturated carbocycles. The predicted octanol–water partition coefficient (Wildman–Crippen LogP) is 4.62. The van der Waals surface area contributed by atoms with Crippen molar-refractivity contribution < 1.29 is 18.4 Å². The van der Waals surface area contributed by atoms with Crippen LogP contribution in [0.1, 0.15) is 40.7 Å². The van der Waals surface area contributed by atoms with Crippen molar-refractivity contribution >= 4 is 22.6 Å². The molecule has 0 aliphatic carbocycles. The summed E-state index contributed by atoms with van der Waals surface area (Å²) in [5.41, 5.74) is 5.74. The Balaban J connectivity index is 1.37. The third-order valence-electron chi connectivity index (χ3n) is 6.75. The first-order valence-corrected chi connectivity index (χ1v) is 11.6. The number of alkyl halides is 2. The number of aromatic nitrogens is 1. The van der Waals surface area contributed by atoms with E-state index in [0.717, 1.165) is 35.5 Å². The van der Waals surface area contributed by atoms with Crippen molar-refractivity contribution in [1.29, 1.82) is 0 Å². The predicted molar refractivity (Wildman–Crippen MR) is 128 cm³/mol. The largest absolute Gasteiger partial charge is 0.312 e. The van der Waals surface area contributed by atoms with Gasteiger partial charge >= 0.3 is 6.17 Å². The molecule has 1 N–H and O–H groups in total. The lowest BCUT2D eigenvalue weighted by Gasteiger charge is -2.18. The number of Topliss-reactive ketones (excluding diaryl/α,β-unsaturated/α-hetero) is 1. The Morgan fingerprint density at radius 1 is 1.11 bits per heavy atom. The van der Waals surface area contributed by atoms with Gasteiger partial charge in [0.25, 0.3) is 5.92 Å². The highest BCUT2D eigenvalue weighted by atomic mass is 19.3. The lowest BCUT2D eigenvalue weighted by atomic mass is 9.93. The first kappa shape index (κ1) is 23.1. The van der Waals surface area contributed by atoms with Crippen molar-refractivity contribution in [2.45, 2.75) is 44.3 Å². The molecule has 178 valence electrons. The summed E-state index contributed by atoms with van der Waals surface area (Å²) in [6, 6.07) is 13.8. The van der Waals surface area contributed by atoms with E-state index in [-0.39, 0.29) is 18.6 Å². The molecule has 2 aliphatic heterocycles. The average Bonchev–Trinajstić information content (AvgIpc) is 3.20. The van der Waals surface area contributed by atoms with E-state index >= 15 is 0 Å². The Bertz CT molecular complexity index is 1370. The number of likely N-dealkylation sites (tertiary alicyclic amines) is 1. The summed E-state index contributed by atoms with van der Waals surface area (Å²) in [5.74, 6) is -3.93. The number of ketones is 1. The maximum Gasteiger partial charge on any atom is 0.306 e. The molecule has 2 aliphatic rings. The topological polar surface area (TPSA) is 66.7 Å². The normalized spacial score (nSPS) is 18.8. The molecule has 1 amide bonds. The zero-order valence-electron chi connectivity index (χ0n) is 19.1. The Labute approximate surface area is 201 Å². The molecule has 0 spiro atoms. The van der Waals surface area contributed by atoms with Crippen LogP contribution < -0.4 is 5.32 Å². The minimum atomic E-state index is -3.07. The molecule has 0 radical (unpaired) electrons. The van der Waals surface area contributed by atoms with Crippen LogP contribution in [0.15, 0.2) is 48.7 Å². The van der Waals surface area contributed by atoms with E-state index in [2.05, 4.69) is 33.3 Å². The van der Waals surface area contributed by atoms with Crippen molar-refractivity contribution in [3.05, 3.63) is 76.8 Å². The van der Waals surface area contributed by atoms with Gasteiger partial charge in [0.2, 0.25) is 5.91 Å². The van der Waals surface area contributed by atoms with Gasteiger partial charge in [-0.3, -0.25) is 24.3 Å². The second-order valence-electron chi connectivity index (χ2n) is 9.12. The summed E-state index contributed by atoms with van der Waals surface area (Å²) in [6.45, 7) is 8.14. The fourth-order valence-corrected chi connectivity index (χ4v) is 4.89. The fourth-order valence-electron chi connectivity index (χ4n) is 4.89. The molecule has 1 saturated heterocycles. The van der Waals surface area contributed by atoms with E-state index in [1.807, 2.05) is 18.2 Å². The average molecular weight is 475 g/mol. The van der Waals surface area contributed by atoms with Crippen LogP contribution in [0.4, 0.5) is 8.78 Å². The third kappa shape index (κ3) is 4.64. The molecule has 8 heteroatoms. The van der Waals surface area contributed by atoms with Crippen LogP contribution in [0, 0.1) is 6.57 Å². The number of pyridine rings is 1. The number of halogens is 2. The summed E-state index contributed by atoms with van der Waals surface area (Å²) in [4.78, 5) is 34.0. The molecule has 0 bridgehead atoms. The molecule has 2 aromatic carbocycles.